The van der Waals surface area contributed by atoms with Crippen LogP contribution in [0.3, 0.4) is 0 Å². The number of nitrogens with two attached hydrogens (primary N) is 1. The van der Waals surface area contributed by atoms with E-state index in [1.165, 1.54) is 6.33 Å². The highest BCUT2D eigenvalue weighted by atomic mass is 16.5. The predicted molar refractivity (Wildman–Crippen MR) is 63.7 cm³/mol. The van der Waals surface area contributed by atoms with Crippen LogP contribution in [0.5, 0.6) is 5.88 Å². The molecule has 0 saturated heterocycles. The second-order valence-electron chi connectivity index (χ2n) is 5.10. The van der Waals surface area contributed by atoms with Crippen molar-refractivity contribution in [3.05, 3.63) is 6.33 Å². The lowest BCUT2D eigenvalue weighted by Gasteiger charge is -2.07. The molecule has 1 aliphatic carbocycles. The number of fused-ring (bicyclic) bond motifs is 1. The molecule has 90 valence electrons. The summed E-state index contributed by atoms with van der Waals surface area (Å²) in [4.78, 5) is 12.6. The molecule has 2 N–H and O–H groups in total. The zero-order valence-electron chi connectivity index (χ0n) is 10.1. The Hall–Kier alpha value is -1.85. The highest BCUT2D eigenvalue weighted by Crippen LogP contribution is 2.57. The Morgan fingerprint density at radius 2 is 2.18 bits per heavy atom. The van der Waals surface area contributed by atoms with Crippen LogP contribution in [0.25, 0.3) is 11.2 Å². The van der Waals surface area contributed by atoms with E-state index in [0.717, 1.165) is 12.1 Å². The van der Waals surface area contributed by atoms with Gasteiger partial charge < -0.3 is 10.5 Å². The molecule has 6 nitrogen and oxygen atoms in total. The second-order valence-corrected chi connectivity index (χ2v) is 5.10. The van der Waals surface area contributed by atoms with E-state index in [1.54, 1.807) is 7.11 Å². The second kappa shape index (κ2) is 3.09. The Bertz CT molecular complexity index is 589. The molecule has 0 spiro atoms. The first-order chi connectivity index (χ1) is 8.04. The molecule has 2 aromatic rings. The summed E-state index contributed by atoms with van der Waals surface area (Å²) in [6.45, 7) is 4.42. The molecule has 2 heterocycles. The van der Waals surface area contributed by atoms with Gasteiger partial charge in [-0.05, 0) is 11.8 Å². The maximum atomic E-state index is 5.97. The number of nitrogens with zero attached hydrogens (tertiary/aromatic N) is 4. The van der Waals surface area contributed by atoms with Gasteiger partial charge in [0.2, 0.25) is 11.8 Å². The van der Waals surface area contributed by atoms with E-state index in [0.29, 0.717) is 23.4 Å². The summed E-state index contributed by atoms with van der Waals surface area (Å²) in [5.41, 5.74) is 7.62. The number of aromatic nitrogens is 4. The number of imidazole rings is 1. The molecule has 0 bridgehead atoms. The van der Waals surface area contributed by atoms with Crippen molar-refractivity contribution in [3.63, 3.8) is 0 Å². The molecule has 1 aliphatic rings. The van der Waals surface area contributed by atoms with Gasteiger partial charge >= 0.3 is 0 Å². The smallest absolute Gasteiger partial charge is 0.245 e. The summed E-state index contributed by atoms with van der Waals surface area (Å²) < 4.78 is 7.15. The molecule has 1 saturated carbocycles. The van der Waals surface area contributed by atoms with Gasteiger partial charge in [-0.2, -0.15) is 4.98 Å². The standard InChI is InChI=1S/C11H15N5O/c1-11(2)4-6(11)16-8-7(15-10(16)12)9(17-3)14-5-13-8/h5-6H,4H2,1-3H3,(H2,12,15). The number of ether oxygens (including phenoxy) is 1. The van der Waals surface area contributed by atoms with Gasteiger partial charge in [-0.1, -0.05) is 13.8 Å². The molecular weight excluding hydrogens is 218 g/mol. The van der Waals surface area contributed by atoms with Gasteiger partial charge in [-0.25, -0.2) is 9.97 Å². The van der Waals surface area contributed by atoms with Crippen LogP contribution in [0.15, 0.2) is 6.33 Å². The lowest BCUT2D eigenvalue weighted by molar-refractivity contribution is 0.401. The van der Waals surface area contributed by atoms with Gasteiger partial charge in [-0.3, -0.25) is 4.57 Å². The van der Waals surface area contributed by atoms with Crippen molar-refractivity contribution in [1.82, 2.24) is 19.5 Å². The summed E-state index contributed by atoms with van der Waals surface area (Å²) in [7, 11) is 1.57. The fourth-order valence-corrected chi connectivity index (χ4v) is 2.24. The average Bonchev–Trinajstić information content (AvgIpc) is 2.76. The van der Waals surface area contributed by atoms with E-state index < -0.39 is 0 Å². The maximum absolute atomic E-state index is 5.97. The fraction of sp³-hybridized carbons (Fsp3) is 0.545. The third-order valence-electron chi connectivity index (χ3n) is 3.44. The molecule has 1 atom stereocenters. The van der Waals surface area contributed by atoms with Crippen LogP contribution in [0.4, 0.5) is 5.95 Å². The lowest BCUT2D eigenvalue weighted by atomic mass is 10.2. The number of methoxy groups -OCH3 is 1. The Morgan fingerprint density at radius 1 is 1.47 bits per heavy atom. The quantitative estimate of drug-likeness (QED) is 0.847. The Kier molecular flexibility index (Phi) is 1.87. The largest absolute Gasteiger partial charge is 0.479 e. The van der Waals surface area contributed by atoms with E-state index in [-0.39, 0.29) is 5.41 Å². The van der Waals surface area contributed by atoms with Crippen LogP contribution < -0.4 is 10.5 Å². The third-order valence-corrected chi connectivity index (χ3v) is 3.44. The van der Waals surface area contributed by atoms with Crippen molar-refractivity contribution in [2.75, 3.05) is 12.8 Å². The van der Waals surface area contributed by atoms with Gasteiger partial charge in [-0.15, -0.1) is 0 Å². The van der Waals surface area contributed by atoms with Crippen molar-refractivity contribution in [2.24, 2.45) is 5.41 Å². The minimum atomic E-state index is 0.264. The van der Waals surface area contributed by atoms with E-state index >= 15 is 0 Å². The first kappa shape index (κ1) is 10.3. The minimum Gasteiger partial charge on any atom is -0.479 e. The van der Waals surface area contributed by atoms with Gasteiger partial charge in [0.05, 0.1) is 7.11 Å². The Balaban J connectivity index is 2.22. The summed E-state index contributed by atoms with van der Waals surface area (Å²) in [5.74, 6) is 0.952. The van der Waals surface area contributed by atoms with Crippen molar-refractivity contribution in [2.45, 2.75) is 26.3 Å². The number of nitrogen functional groups attached to an aromatic ring is 1. The summed E-state index contributed by atoms with van der Waals surface area (Å²) >= 11 is 0. The van der Waals surface area contributed by atoms with Crippen LogP contribution in [0, 0.1) is 5.41 Å². The molecular formula is C11H15N5O. The van der Waals surface area contributed by atoms with Crippen molar-refractivity contribution in [3.8, 4) is 5.88 Å². The van der Waals surface area contributed by atoms with Crippen molar-refractivity contribution in [1.29, 1.82) is 0 Å². The Morgan fingerprint density at radius 3 is 2.76 bits per heavy atom. The summed E-state index contributed by atoms with van der Waals surface area (Å²) in [6, 6.07) is 0.368. The molecule has 0 aliphatic heterocycles. The van der Waals surface area contributed by atoms with Crippen molar-refractivity contribution >= 4 is 17.1 Å². The van der Waals surface area contributed by atoms with Gasteiger partial charge in [0.1, 0.15) is 6.33 Å². The molecule has 3 rings (SSSR count). The van der Waals surface area contributed by atoms with E-state index in [1.807, 2.05) is 4.57 Å². The zero-order valence-corrected chi connectivity index (χ0v) is 10.1. The van der Waals surface area contributed by atoms with Gasteiger partial charge in [0.25, 0.3) is 0 Å². The number of rotatable bonds is 2. The van der Waals surface area contributed by atoms with Crippen LogP contribution in [0.1, 0.15) is 26.3 Å². The van der Waals surface area contributed by atoms with Gasteiger partial charge in [0, 0.05) is 6.04 Å². The van der Waals surface area contributed by atoms with Gasteiger partial charge in [0.15, 0.2) is 11.2 Å². The predicted octanol–water partition coefficient (Wildman–Crippen LogP) is 1.39. The number of anilines is 1. The first-order valence-corrected chi connectivity index (χ1v) is 5.57. The number of hydrogen-bond acceptors (Lipinski definition) is 5. The molecule has 1 fully saturated rings. The molecule has 0 aromatic carbocycles. The monoisotopic (exact) mass is 233 g/mol. The lowest BCUT2D eigenvalue weighted by Crippen LogP contribution is -2.05. The fourth-order valence-electron chi connectivity index (χ4n) is 2.24. The maximum Gasteiger partial charge on any atom is 0.245 e. The highest BCUT2D eigenvalue weighted by Gasteiger charge is 2.48. The van der Waals surface area contributed by atoms with E-state index in [4.69, 9.17) is 10.5 Å². The number of hydrogen-bond donors (Lipinski definition) is 1. The summed E-state index contributed by atoms with van der Waals surface area (Å²) in [5, 5.41) is 0. The molecule has 17 heavy (non-hydrogen) atoms. The topological polar surface area (TPSA) is 78.8 Å². The molecule has 2 aromatic heterocycles. The van der Waals surface area contributed by atoms with Crippen molar-refractivity contribution < 1.29 is 4.74 Å². The molecule has 0 radical (unpaired) electrons. The molecule has 0 amide bonds. The third kappa shape index (κ3) is 1.36. The SMILES string of the molecule is COc1ncnc2c1nc(N)n2C1CC1(C)C. The summed E-state index contributed by atoms with van der Waals surface area (Å²) in [6.07, 6.45) is 2.57. The van der Waals surface area contributed by atoms with Crippen LogP contribution in [0.2, 0.25) is 0 Å². The Labute approximate surface area is 98.8 Å². The van der Waals surface area contributed by atoms with E-state index in [9.17, 15) is 0 Å². The zero-order chi connectivity index (χ0) is 12.2. The van der Waals surface area contributed by atoms with Crippen LogP contribution in [-0.2, 0) is 0 Å². The minimum absolute atomic E-state index is 0.264. The molecule has 1 unspecified atom stereocenters. The normalized spacial score (nSPS) is 21.7. The average molecular weight is 233 g/mol. The highest BCUT2D eigenvalue weighted by molar-refractivity contribution is 5.79. The van der Waals surface area contributed by atoms with Crippen LogP contribution in [-0.4, -0.2) is 26.6 Å². The first-order valence-electron chi connectivity index (χ1n) is 5.57. The molecule has 6 heteroatoms. The van der Waals surface area contributed by atoms with Crippen LogP contribution >= 0.6 is 0 Å². The van der Waals surface area contributed by atoms with E-state index in [2.05, 4.69) is 28.8 Å².